The van der Waals surface area contributed by atoms with Crippen LogP contribution in [0.4, 0.5) is 23.0 Å². The number of nitrogens with zero attached hydrogens (tertiary/aromatic N) is 3. The van der Waals surface area contributed by atoms with Crippen LogP contribution in [0, 0.1) is 0 Å². The molecule has 0 saturated heterocycles. The number of benzene rings is 1. The summed E-state index contributed by atoms with van der Waals surface area (Å²) in [4.78, 5) is 23.6. The Labute approximate surface area is 161 Å². The van der Waals surface area contributed by atoms with Crippen LogP contribution in [-0.2, 0) is 11.2 Å². The van der Waals surface area contributed by atoms with Crippen LogP contribution in [0.3, 0.4) is 0 Å². The highest BCUT2D eigenvalue weighted by Gasteiger charge is 2.19. The SMILES string of the molecule is COC(=O)c1ccccc1N(C)c1ncnc(NCCc2cccs2)c1N. The minimum atomic E-state index is -0.417. The molecule has 0 aliphatic rings. The molecule has 7 nitrogen and oxygen atoms in total. The first kappa shape index (κ1) is 18.7. The highest BCUT2D eigenvalue weighted by atomic mass is 32.1. The maximum absolute atomic E-state index is 12.1. The molecule has 0 amide bonds. The monoisotopic (exact) mass is 383 g/mol. The Bertz CT molecular complexity index is 914. The molecule has 0 fully saturated rings. The molecule has 0 radical (unpaired) electrons. The average Bonchev–Trinajstić information content (AvgIpc) is 3.21. The molecule has 0 atom stereocenters. The second-order valence-electron chi connectivity index (χ2n) is 5.78. The van der Waals surface area contributed by atoms with E-state index < -0.39 is 5.97 Å². The van der Waals surface area contributed by atoms with Gasteiger partial charge in [0.05, 0.1) is 18.4 Å². The van der Waals surface area contributed by atoms with Crippen molar-refractivity contribution < 1.29 is 9.53 Å². The molecule has 2 heterocycles. The number of nitrogens with two attached hydrogens (primary N) is 1. The molecular formula is C19H21N5O2S. The summed E-state index contributed by atoms with van der Waals surface area (Å²) < 4.78 is 4.86. The van der Waals surface area contributed by atoms with Crippen LogP contribution >= 0.6 is 11.3 Å². The van der Waals surface area contributed by atoms with Gasteiger partial charge in [-0.2, -0.15) is 0 Å². The van der Waals surface area contributed by atoms with Crippen LogP contribution < -0.4 is 16.0 Å². The molecule has 0 aliphatic carbocycles. The Kier molecular flexibility index (Phi) is 5.87. The molecule has 0 unspecified atom stereocenters. The zero-order chi connectivity index (χ0) is 19.2. The average molecular weight is 383 g/mol. The van der Waals surface area contributed by atoms with E-state index in [0.717, 1.165) is 6.42 Å². The van der Waals surface area contributed by atoms with E-state index in [1.807, 2.05) is 18.2 Å². The highest BCUT2D eigenvalue weighted by Crippen LogP contribution is 2.32. The molecule has 0 spiro atoms. The van der Waals surface area contributed by atoms with Gasteiger partial charge in [0.15, 0.2) is 11.6 Å². The number of anilines is 4. The highest BCUT2D eigenvalue weighted by molar-refractivity contribution is 7.09. The molecule has 0 aliphatic heterocycles. The molecule has 1 aromatic carbocycles. The summed E-state index contributed by atoms with van der Waals surface area (Å²) in [6, 6.07) is 11.3. The van der Waals surface area contributed by atoms with Gasteiger partial charge in [0.1, 0.15) is 12.0 Å². The smallest absolute Gasteiger partial charge is 0.339 e. The van der Waals surface area contributed by atoms with Crippen LogP contribution in [0.5, 0.6) is 0 Å². The van der Waals surface area contributed by atoms with Crippen molar-refractivity contribution in [1.29, 1.82) is 0 Å². The largest absolute Gasteiger partial charge is 0.465 e. The van der Waals surface area contributed by atoms with Gasteiger partial charge in [-0.1, -0.05) is 18.2 Å². The predicted octanol–water partition coefficient (Wildman–Crippen LogP) is 3.33. The van der Waals surface area contributed by atoms with E-state index in [4.69, 9.17) is 10.5 Å². The van der Waals surface area contributed by atoms with Gasteiger partial charge in [0, 0.05) is 18.5 Å². The molecule has 3 N–H and O–H groups in total. The summed E-state index contributed by atoms with van der Waals surface area (Å²) in [7, 11) is 3.16. The van der Waals surface area contributed by atoms with Gasteiger partial charge < -0.3 is 20.7 Å². The van der Waals surface area contributed by atoms with Crippen molar-refractivity contribution in [3.8, 4) is 0 Å². The molecule has 3 rings (SSSR count). The van der Waals surface area contributed by atoms with Crippen molar-refractivity contribution in [2.24, 2.45) is 0 Å². The van der Waals surface area contributed by atoms with Gasteiger partial charge in [0.2, 0.25) is 0 Å². The summed E-state index contributed by atoms with van der Waals surface area (Å²) in [5, 5.41) is 5.31. The molecular weight excluding hydrogens is 362 g/mol. The lowest BCUT2D eigenvalue weighted by Crippen LogP contribution is -2.19. The normalized spacial score (nSPS) is 10.4. The van der Waals surface area contributed by atoms with E-state index in [9.17, 15) is 4.79 Å². The lowest BCUT2D eigenvalue weighted by Gasteiger charge is -2.22. The molecule has 8 heteroatoms. The van der Waals surface area contributed by atoms with Crippen LogP contribution in [0.15, 0.2) is 48.1 Å². The van der Waals surface area contributed by atoms with E-state index in [1.165, 1.54) is 18.3 Å². The zero-order valence-corrected chi connectivity index (χ0v) is 16.0. The van der Waals surface area contributed by atoms with Gasteiger partial charge in [-0.15, -0.1) is 11.3 Å². The number of hydrogen-bond donors (Lipinski definition) is 2. The lowest BCUT2D eigenvalue weighted by atomic mass is 10.1. The predicted molar refractivity (Wildman–Crippen MR) is 109 cm³/mol. The van der Waals surface area contributed by atoms with E-state index in [-0.39, 0.29) is 0 Å². The Morgan fingerprint density at radius 3 is 2.81 bits per heavy atom. The van der Waals surface area contributed by atoms with Gasteiger partial charge in [0.25, 0.3) is 0 Å². The van der Waals surface area contributed by atoms with Gasteiger partial charge in [-0.3, -0.25) is 0 Å². The van der Waals surface area contributed by atoms with Gasteiger partial charge in [-0.05, 0) is 30.0 Å². The Balaban J connectivity index is 1.82. The molecule has 0 saturated carbocycles. The standard InChI is InChI=1S/C19H21N5O2S/c1-24(15-8-4-3-7-14(15)19(25)26-2)18-16(20)17(22-12-23-18)21-10-9-13-6-5-11-27-13/h3-8,11-12H,9-10,20H2,1-2H3,(H,21,22,23). The number of esters is 1. The lowest BCUT2D eigenvalue weighted by molar-refractivity contribution is 0.0601. The summed E-state index contributed by atoms with van der Waals surface area (Å²) in [6.07, 6.45) is 2.34. The third kappa shape index (κ3) is 4.17. The first-order valence-electron chi connectivity index (χ1n) is 8.39. The van der Waals surface area contributed by atoms with Crippen LogP contribution in [0.2, 0.25) is 0 Å². The molecule has 2 aromatic heterocycles. The van der Waals surface area contributed by atoms with E-state index in [2.05, 4.69) is 26.7 Å². The topological polar surface area (TPSA) is 93.4 Å². The molecule has 3 aromatic rings. The third-order valence-electron chi connectivity index (χ3n) is 4.10. The number of nitrogen functional groups attached to an aromatic ring is 1. The fraction of sp³-hybridized carbons (Fsp3) is 0.211. The number of carbonyl (C=O) groups is 1. The quantitative estimate of drug-likeness (QED) is 0.604. The third-order valence-corrected chi connectivity index (χ3v) is 5.03. The van der Waals surface area contributed by atoms with Gasteiger partial charge >= 0.3 is 5.97 Å². The number of ether oxygens (including phenoxy) is 1. The van der Waals surface area contributed by atoms with Crippen LogP contribution in [0.25, 0.3) is 0 Å². The van der Waals surface area contributed by atoms with Crippen molar-refractivity contribution in [1.82, 2.24) is 9.97 Å². The minimum absolute atomic E-state index is 0.417. The van der Waals surface area contributed by atoms with E-state index >= 15 is 0 Å². The first-order valence-corrected chi connectivity index (χ1v) is 9.27. The summed E-state index contributed by atoms with van der Waals surface area (Å²) in [5.41, 5.74) is 7.81. The van der Waals surface area contributed by atoms with Crippen molar-refractivity contribution >= 4 is 40.3 Å². The Hall–Kier alpha value is -3.13. The van der Waals surface area contributed by atoms with Crippen molar-refractivity contribution in [2.75, 3.05) is 36.7 Å². The zero-order valence-electron chi connectivity index (χ0n) is 15.2. The number of carbonyl (C=O) groups excluding carboxylic acids is 1. The fourth-order valence-corrected chi connectivity index (χ4v) is 3.43. The summed E-state index contributed by atoms with van der Waals surface area (Å²) in [6.45, 7) is 0.712. The Morgan fingerprint density at radius 1 is 1.26 bits per heavy atom. The number of methoxy groups -OCH3 is 1. The number of nitrogens with one attached hydrogen (secondary N) is 1. The molecule has 140 valence electrons. The van der Waals surface area contributed by atoms with Crippen LogP contribution in [0.1, 0.15) is 15.2 Å². The number of aromatic nitrogens is 2. The van der Waals surface area contributed by atoms with Crippen molar-refractivity contribution in [3.63, 3.8) is 0 Å². The number of para-hydroxylation sites is 1. The van der Waals surface area contributed by atoms with Crippen molar-refractivity contribution in [2.45, 2.75) is 6.42 Å². The van der Waals surface area contributed by atoms with E-state index in [1.54, 1.807) is 35.4 Å². The number of rotatable bonds is 7. The molecule has 0 bridgehead atoms. The second-order valence-corrected chi connectivity index (χ2v) is 6.82. The van der Waals surface area contributed by atoms with Gasteiger partial charge in [-0.25, -0.2) is 14.8 Å². The fourth-order valence-electron chi connectivity index (χ4n) is 2.72. The first-order chi connectivity index (χ1) is 13.1. The van der Waals surface area contributed by atoms with Crippen molar-refractivity contribution in [3.05, 3.63) is 58.5 Å². The summed E-state index contributed by atoms with van der Waals surface area (Å²) in [5.74, 6) is 0.665. The maximum atomic E-state index is 12.1. The van der Waals surface area contributed by atoms with Crippen LogP contribution in [-0.4, -0.2) is 36.6 Å². The Morgan fingerprint density at radius 2 is 2.07 bits per heavy atom. The second kappa shape index (κ2) is 8.50. The maximum Gasteiger partial charge on any atom is 0.339 e. The minimum Gasteiger partial charge on any atom is -0.465 e. The summed E-state index contributed by atoms with van der Waals surface area (Å²) >= 11 is 1.72. The number of thiophene rings is 1. The molecule has 27 heavy (non-hydrogen) atoms. The number of hydrogen-bond acceptors (Lipinski definition) is 8. The van der Waals surface area contributed by atoms with E-state index in [0.29, 0.717) is 35.1 Å².